The van der Waals surface area contributed by atoms with Crippen LogP contribution in [0.2, 0.25) is 0 Å². The summed E-state index contributed by atoms with van der Waals surface area (Å²) in [6, 6.07) is 7.74. The number of nitrogens with zero attached hydrogens (tertiary/aromatic N) is 1. The molecule has 0 atom stereocenters. The van der Waals surface area contributed by atoms with E-state index in [9.17, 15) is 10.1 Å². The van der Waals surface area contributed by atoms with Gasteiger partial charge in [0.1, 0.15) is 0 Å². The van der Waals surface area contributed by atoms with Crippen molar-refractivity contribution < 1.29 is 14.8 Å². The van der Waals surface area contributed by atoms with Crippen LogP contribution in [-0.2, 0) is 4.65 Å². The normalized spacial score (nSPS) is 16.7. The van der Waals surface area contributed by atoms with Crippen molar-refractivity contribution in [3.05, 3.63) is 24.3 Å². The molecule has 1 heterocycles. The Morgan fingerprint density at radius 3 is 2.32 bits per heavy atom. The van der Waals surface area contributed by atoms with E-state index >= 15 is 0 Å². The van der Waals surface area contributed by atoms with Crippen LogP contribution in [0.3, 0.4) is 0 Å². The Morgan fingerprint density at radius 2 is 1.73 bits per heavy atom. The van der Waals surface area contributed by atoms with Gasteiger partial charge in [0.15, 0.2) is 0 Å². The molecule has 0 aromatic heterocycles. The van der Waals surface area contributed by atoms with Crippen molar-refractivity contribution in [3.8, 4) is 0 Å². The zero-order chi connectivity index (χ0) is 16.4. The van der Waals surface area contributed by atoms with Crippen LogP contribution in [-0.4, -0.2) is 54.6 Å². The molecule has 5 nitrogen and oxygen atoms in total. The minimum absolute atomic E-state index is 0.738. The Kier molecular flexibility index (Phi) is 5.17. The van der Waals surface area contributed by atoms with Gasteiger partial charge in [-0.25, -0.2) is 0 Å². The molecule has 0 amide bonds. The second-order valence-electron chi connectivity index (χ2n) is 6.84. The fourth-order valence-corrected chi connectivity index (χ4v) is 2.38. The highest BCUT2D eigenvalue weighted by atomic mass is 16.5. The summed E-state index contributed by atoms with van der Waals surface area (Å²) in [5, 5.41) is 24.1. The molecule has 1 aliphatic heterocycles. The third-order valence-electron chi connectivity index (χ3n) is 4.54. The first-order chi connectivity index (χ1) is 10.2. The second-order valence-corrected chi connectivity index (χ2v) is 6.84. The Morgan fingerprint density at radius 1 is 1.14 bits per heavy atom. The predicted molar refractivity (Wildman–Crippen MR) is 90.6 cm³/mol. The van der Waals surface area contributed by atoms with Crippen molar-refractivity contribution >= 4 is 18.3 Å². The van der Waals surface area contributed by atoms with Crippen LogP contribution < -0.4 is 15.7 Å². The van der Waals surface area contributed by atoms with Gasteiger partial charge in [-0.15, -0.1) is 0 Å². The maximum absolute atomic E-state index is 10.6. The highest BCUT2D eigenvalue weighted by Gasteiger charge is 2.40. The van der Waals surface area contributed by atoms with E-state index in [4.69, 9.17) is 4.65 Å². The minimum Gasteiger partial charge on any atom is -0.423 e. The molecule has 122 valence electrons. The van der Waals surface area contributed by atoms with Crippen LogP contribution in [0.4, 0.5) is 5.69 Å². The summed E-state index contributed by atoms with van der Waals surface area (Å²) in [6.07, 6.45) is 0. The lowest BCUT2D eigenvalue weighted by Gasteiger charge is -2.39. The van der Waals surface area contributed by atoms with E-state index in [0.29, 0.717) is 0 Å². The maximum Gasteiger partial charge on any atom is 0.493 e. The van der Waals surface area contributed by atoms with Gasteiger partial charge in [-0.3, -0.25) is 0 Å². The number of piperazine rings is 1. The first-order valence-electron chi connectivity index (χ1n) is 7.85. The molecule has 1 aromatic rings. The van der Waals surface area contributed by atoms with E-state index in [1.54, 1.807) is 27.7 Å². The Hall–Kier alpha value is -1.08. The summed E-state index contributed by atoms with van der Waals surface area (Å²) in [7, 11) is -1.08. The zero-order valence-electron chi connectivity index (χ0n) is 14.0. The first kappa shape index (κ1) is 17.3. The van der Waals surface area contributed by atoms with Gasteiger partial charge in [0.25, 0.3) is 0 Å². The molecule has 1 aliphatic rings. The van der Waals surface area contributed by atoms with Crippen LogP contribution in [0.25, 0.3) is 0 Å². The molecule has 2 rings (SSSR count). The molecule has 0 radical (unpaired) electrons. The molecule has 1 saturated heterocycles. The lowest BCUT2D eigenvalue weighted by Crippen LogP contribution is -2.54. The number of anilines is 1. The quantitative estimate of drug-likeness (QED) is 0.685. The van der Waals surface area contributed by atoms with Gasteiger partial charge in [0, 0.05) is 37.3 Å². The number of rotatable bonds is 5. The van der Waals surface area contributed by atoms with Crippen molar-refractivity contribution in [2.45, 2.75) is 38.9 Å². The van der Waals surface area contributed by atoms with Crippen LogP contribution >= 0.6 is 0 Å². The van der Waals surface area contributed by atoms with Gasteiger partial charge in [-0.05, 0) is 33.8 Å². The summed E-state index contributed by atoms with van der Waals surface area (Å²) in [5.41, 5.74) is -0.203. The minimum atomic E-state index is -1.08. The molecule has 0 bridgehead atoms. The third kappa shape index (κ3) is 3.81. The van der Waals surface area contributed by atoms with E-state index in [-0.39, 0.29) is 0 Å². The van der Waals surface area contributed by atoms with E-state index in [1.165, 1.54) is 0 Å². The number of para-hydroxylation sites is 1. The molecule has 1 fully saturated rings. The van der Waals surface area contributed by atoms with Crippen LogP contribution in [0.5, 0.6) is 0 Å². The van der Waals surface area contributed by atoms with Gasteiger partial charge < -0.3 is 25.0 Å². The van der Waals surface area contributed by atoms with Crippen molar-refractivity contribution in [3.63, 3.8) is 0 Å². The van der Waals surface area contributed by atoms with E-state index < -0.39 is 18.3 Å². The molecule has 3 N–H and O–H groups in total. The average Bonchev–Trinajstić information content (AvgIpc) is 2.46. The Balaban J connectivity index is 2.21. The van der Waals surface area contributed by atoms with E-state index in [2.05, 4.69) is 10.2 Å². The molecule has 0 unspecified atom stereocenters. The largest absolute Gasteiger partial charge is 0.493 e. The number of hydrogen-bond acceptors (Lipinski definition) is 5. The molecule has 0 spiro atoms. The predicted octanol–water partition coefficient (Wildman–Crippen LogP) is 0.350. The molecular weight excluding hydrogens is 279 g/mol. The van der Waals surface area contributed by atoms with E-state index in [1.807, 2.05) is 24.3 Å². The van der Waals surface area contributed by atoms with Crippen LogP contribution in [0.15, 0.2) is 24.3 Å². The first-order valence-corrected chi connectivity index (χ1v) is 7.85. The fraction of sp³-hybridized carbons (Fsp3) is 0.625. The second kappa shape index (κ2) is 6.58. The maximum atomic E-state index is 10.6. The van der Waals surface area contributed by atoms with Gasteiger partial charge in [0.2, 0.25) is 0 Å². The summed E-state index contributed by atoms with van der Waals surface area (Å²) >= 11 is 0. The van der Waals surface area contributed by atoms with Crippen LogP contribution in [0, 0.1) is 0 Å². The lowest BCUT2D eigenvalue weighted by atomic mass is 9.75. The highest BCUT2D eigenvalue weighted by Crippen LogP contribution is 2.26. The molecule has 0 aliphatic carbocycles. The molecule has 1 aromatic carbocycles. The number of hydrogen-bond donors (Lipinski definition) is 3. The number of aliphatic hydroxyl groups is 1. The summed E-state index contributed by atoms with van der Waals surface area (Å²) in [5.74, 6) is 0. The SMILES string of the molecule is CC(C)(O)C(C)(C)OB(O)c1ccccc1N1CCNCC1. The molecule has 0 saturated carbocycles. The van der Waals surface area contributed by atoms with Gasteiger partial charge >= 0.3 is 7.12 Å². The topological polar surface area (TPSA) is 65.0 Å². The zero-order valence-corrected chi connectivity index (χ0v) is 14.0. The van der Waals surface area contributed by atoms with Gasteiger partial charge in [-0.1, -0.05) is 18.2 Å². The smallest absolute Gasteiger partial charge is 0.423 e. The summed E-state index contributed by atoms with van der Waals surface area (Å²) in [6.45, 7) is 10.6. The van der Waals surface area contributed by atoms with Gasteiger partial charge in [0.05, 0.1) is 11.2 Å². The summed E-state index contributed by atoms with van der Waals surface area (Å²) < 4.78 is 5.78. The monoisotopic (exact) mass is 306 g/mol. The number of benzene rings is 1. The van der Waals surface area contributed by atoms with Crippen molar-refractivity contribution in [1.82, 2.24) is 5.32 Å². The van der Waals surface area contributed by atoms with Crippen molar-refractivity contribution in [2.24, 2.45) is 0 Å². The van der Waals surface area contributed by atoms with E-state index in [0.717, 1.165) is 37.3 Å². The summed E-state index contributed by atoms with van der Waals surface area (Å²) in [4.78, 5) is 2.25. The Labute approximate surface area is 133 Å². The Bertz CT molecular complexity index is 496. The number of nitrogens with one attached hydrogen (secondary N) is 1. The van der Waals surface area contributed by atoms with Crippen molar-refractivity contribution in [2.75, 3.05) is 31.1 Å². The van der Waals surface area contributed by atoms with Crippen LogP contribution in [0.1, 0.15) is 27.7 Å². The molecular formula is C16H27BN2O3. The lowest BCUT2D eigenvalue weighted by molar-refractivity contribution is -0.0982. The third-order valence-corrected chi connectivity index (χ3v) is 4.54. The van der Waals surface area contributed by atoms with Crippen molar-refractivity contribution in [1.29, 1.82) is 0 Å². The molecule has 22 heavy (non-hydrogen) atoms. The average molecular weight is 306 g/mol. The highest BCUT2D eigenvalue weighted by molar-refractivity contribution is 6.62. The fourth-order valence-electron chi connectivity index (χ4n) is 2.38. The standard InChI is InChI=1S/C16H27BN2O3/c1-15(2,20)16(3,4)22-17(21)13-7-5-6-8-14(13)19-11-9-18-10-12-19/h5-8,18,20-21H,9-12H2,1-4H3. The molecule has 6 heteroatoms. The van der Waals surface area contributed by atoms with Gasteiger partial charge in [-0.2, -0.15) is 0 Å².